The molecule has 1 aliphatic rings. The van der Waals surface area contributed by atoms with E-state index < -0.39 is 0 Å². The topological polar surface area (TPSA) is 46.0 Å². The minimum atomic E-state index is 0.0291. The molecule has 1 fully saturated rings. The lowest BCUT2D eigenvalue weighted by Crippen LogP contribution is -2.01. The molecule has 1 aromatic heterocycles. The molecule has 1 saturated carbocycles. The summed E-state index contributed by atoms with van der Waals surface area (Å²) in [6.45, 7) is 2.31. The first-order valence-electron chi connectivity index (χ1n) is 5.21. The van der Waals surface area contributed by atoms with Gasteiger partial charge in [-0.05, 0) is 25.2 Å². The Bertz CT molecular complexity index is 297. The van der Waals surface area contributed by atoms with Crippen molar-refractivity contribution in [2.45, 2.75) is 38.7 Å². The van der Waals surface area contributed by atoms with Gasteiger partial charge in [-0.1, -0.05) is 6.92 Å². The zero-order valence-corrected chi connectivity index (χ0v) is 8.48. The Balaban J connectivity index is 2.09. The number of hydrogen-bond donors (Lipinski definition) is 1. The van der Waals surface area contributed by atoms with Crippen LogP contribution in [0.25, 0.3) is 0 Å². The van der Waals surface area contributed by atoms with Crippen LogP contribution in [0.3, 0.4) is 0 Å². The summed E-state index contributed by atoms with van der Waals surface area (Å²) in [6, 6.07) is 0. The molecule has 1 heterocycles. The summed E-state index contributed by atoms with van der Waals surface area (Å²) in [4.78, 5) is 8.59. The van der Waals surface area contributed by atoms with Crippen LogP contribution in [0.5, 0.6) is 0 Å². The van der Waals surface area contributed by atoms with Crippen LogP contribution in [0.4, 0.5) is 0 Å². The van der Waals surface area contributed by atoms with Gasteiger partial charge in [0.2, 0.25) is 0 Å². The fourth-order valence-corrected chi connectivity index (χ4v) is 2.10. The Morgan fingerprint density at radius 3 is 2.57 bits per heavy atom. The van der Waals surface area contributed by atoms with Crippen LogP contribution < -0.4 is 0 Å². The number of aliphatic hydroxyl groups is 1. The summed E-state index contributed by atoms with van der Waals surface area (Å²) >= 11 is 0. The lowest BCUT2D eigenvalue weighted by Gasteiger charge is -2.07. The zero-order valence-electron chi connectivity index (χ0n) is 8.48. The van der Waals surface area contributed by atoms with Crippen molar-refractivity contribution in [2.24, 2.45) is 5.92 Å². The third kappa shape index (κ3) is 1.93. The van der Waals surface area contributed by atoms with Crippen molar-refractivity contribution >= 4 is 0 Å². The molecule has 0 aromatic carbocycles. The molecule has 2 rings (SSSR count). The van der Waals surface area contributed by atoms with Gasteiger partial charge in [0.15, 0.2) is 0 Å². The second kappa shape index (κ2) is 4.05. The standard InChI is InChI=1S/C11H16N2O/c1-8-2-3-10(4-8)11-12-5-9(7-14)6-13-11/h5-6,8,10,14H,2-4,7H2,1H3. The van der Waals surface area contributed by atoms with Gasteiger partial charge in [-0.3, -0.25) is 0 Å². The highest BCUT2D eigenvalue weighted by Gasteiger charge is 2.24. The second-order valence-corrected chi connectivity index (χ2v) is 4.22. The van der Waals surface area contributed by atoms with Gasteiger partial charge in [0.25, 0.3) is 0 Å². The molecule has 0 saturated heterocycles. The highest BCUT2D eigenvalue weighted by Crippen LogP contribution is 2.35. The van der Waals surface area contributed by atoms with Gasteiger partial charge in [-0.15, -0.1) is 0 Å². The molecule has 1 aliphatic carbocycles. The van der Waals surface area contributed by atoms with Gasteiger partial charge in [0, 0.05) is 23.9 Å². The van der Waals surface area contributed by atoms with Gasteiger partial charge in [0.1, 0.15) is 5.82 Å². The molecule has 2 unspecified atom stereocenters. The Morgan fingerprint density at radius 2 is 2.07 bits per heavy atom. The van der Waals surface area contributed by atoms with E-state index in [9.17, 15) is 0 Å². The van der Waals surface area contributed by atoms with Crippen LogP contribution in [-0.4, -0.2) is 15.1 Å². The van der Waals surface area contributed by atoms with E-state index in [1.54, 1.807) is 12.4 Å². The summed E-state index contributed by atoms with van der Waals surface area (Å²) in [5.74, 6) is 2.30. The normalized spacial score (nSPS) is 26.7. The molecule has 0 spiro atoms. The molecule has 0 amide bonds. The van der Waals surface area contributed by atoms with Gasteiger partial charge < -0.3 is 5.11 Å². The summed E-state index contributed by atoms with van der Waals surface area (Å²) in [5, 5.41) is 8.86. The smallest absolute Gasteiger partial charge is 0.131 e. The van der Waals surface area contributed by atoms with E-state index >= 15 is 0 Å². The number of rotatable bonds is 2. The number of nitrogens with zero attached hydrogens (tertiary/aromatic N) is 2. The van der Waals surface area contributed by atoms with Gasteiger partial charge in [0.05, 0.1) is 6.61 Å². The minimum absolute atomic E-state index is 0.0291. The molecule has 0 aliphatic heterocycles. The summed E-state index contributed by atoms with van der Waals surface area (Å²) in [7, 11) is 0. The van der Waals surface area contributed by atoms with E-state index in [0.29, 0.717) is 5.92 Å². The number of aromatic nitrogens is 2. The maximum atomic E-state index is 8.86. The Kier molecular flexibility index (Phi) is 2.77. The van der Waals surface area contributed by atoms with Gasteiger partial charge in [-0.2, -0.15) is 0 Å². The van der Waals surface area contributed by atoms with Crippen LogP contribution in [0, 0.1) is 5.92 Å². The first-order valence-corrected chi connectivity index (χ1v) is 5.21. The summed E-state index contributed by atoms with van der Waals surface area (Å²) < 4.78 is 0. The van der Waals surface area contributed by atoms with Crippen molar-refractivity contribution in [2.75, 3.05) is 0 Å². The molecule has 2 atom stereocenters. The fraction of sp³-hybridized carbons (Fsp3) is 0.636. The van der Waals surface area contributed by atoms with Crippen molar-refractivity contribution in [3.8, 4) is 0 Å². The molecular formula is C11H16N2O. The average molecular weight is 192 g/mol. The predicted molar refractivity (Wildman–Crippen MR) is 53.7 cm³/mol. The van der Waals surface area contributed by atoms with Crippen LogP contribution in [0.2, 0.25) is 0 Å². The molecule has 0 radical (unpaired) electrons. The zero-order chi connectivity index (χ0) is 9.97. The summed E-state index contributed by atoms with van der Waals surface area (Å²) in [6.07, 6.45) is 7.16. The van der Waals surface area contributed by atoms with E-state index in [1.807, 2.05) is 0 Å². The maximum Gasteiger partial charge on any atom is 0.131 e. The van der Waals surface area contributed by atoms with E-state index in [1.165, 1.54) is 19.3 Å². The lowest BCUT2D eigenvalue weighted by molar-refractivity contribution is 0.280. The molecular weight excluding hydrogens is 176 g/mol. The largest absolute Gasteiger partial charge is 0.392 e. The SMILES string of the molecule is CC1CCC(c2ncc(CO)cn2)C1. The predicted octanol–water partition coefficient (Wildman–Crippen LogP) is 1.87. The Labute approximate surface area is 84.2 Å². The van der Waals surface area contributed by atoms with Crippen LogP contribution in [-0.2, 0) is 6.61 Å². The molecule has 0 bridgehead atoms. The van der Waals surface area contributed by atoms with Crippen LogP contribution in [0.15, 0.2) is 12.4 Å². The fourth-order valence-electron chi connectivity index (χ4n) is 2.10. The first-order chi connectivity index (χ1) is 6.79. The molecule has 14 heavy (non-hydrogen) atoms. The minimum Gasteiger partial charge on any atom is -0.392 e. The number of hydrogen-bond acceptors (Lipinski definition) is 3. The number of aliphatic hydroxyl groups excluding tert-OH is 1. The molecule has 3 heteroatoms. The average Bonchev–Trinajstić information content (AvgIpc) is 2.65. The van der Waals surface area contributed by atoms with Gasteiger partial charge in [-0.25, -0.2) is 9.97 Å². The molecule has 76 valence electrons. The quantitative estimate of drug-likeness (QED) is 0.778. The third-order valence-electron chi connectivity index (χ3n) is 2.97. The Morgan fingerprint density at radius 1 is 1.36 bits per heavy atom. The van der Waals surface area contributed by atoms with Crippen molar-refractivity contribution in [3.05, 3.63) is 23.8 Å². The monoisotopic (exact) mass is 192 g/mol. The van der Waals surface area contributed by atoms with Crippen LogP contribution >= 0.6 is 0 Å². The maximum absolute atomic E-state index is 8.86. The first kappa shape index (κ1) is 9.59. The Hall–Kier alpha value is -0.960. The molecule has 3 nitrogen and oxygen atoms in total. The van der Waals surface area contributed by atoms with Gasteiger partial charge >= 0.3 is 0 Å². The second-order valence-electron chi connectivity index (χ2n) is 4.22. The van der Waals surface area contributed by atoms with Crippen molar-refractivity contribution in [3.63, 3.8) is 0 Å². The van der Waals surface area contributed by atoms with E-state index in [-0.39, 0.29) is 6.61 Å². The van der Waals surface area contributed by atoms with E-state index in [2.05, 4.69) is 16.9 Å². The summed E-state index contributed by atoms with van der Waals surface area (Å²) in [5.41, 5.74) is 0.791. The third-order valence-corrected chi connectivity index (χ3v) is 2.97. The highest BCUT2D eigenvalue weighted by atomic mass is 16.3. The van der Waals surface area contributed by atoms with E-state index in [4.69, 9.17) is 5.11 Å². The molecule has 1 aromatic rings. The van der Waals surface area contributed by atoms with Crippen molar-refractivity contribution in [1.82, 2.24) is 9.97 Å². The molecule has 1 N–H and O–H groups in total. The van der Waals surface area contributed by atoms with Crippen LogP contribution in [0.1, 0.15) is 43.5 Å². The lowest BCUT2D eigenvalue weighted by atomic mass is 10.1. The van der Waals surface area contributed by atoms with E-state index in [0.717, 1.165) is 17.3 Å². The van der Waals surface area contributed by atoms with Crippen molar-refractivity contribution in [1.29, 1.82) is 0 Å². The highest BCUT2D eigenvalue weighted by molar-refractivity contribution is 5.07. The van der Waals surface area contributed by atoms with Crippen molar-refractivity contribution < 1.29 is 5.11 Å².